The fourth-order valence-electron chi connectivity index (χ4n) is 3.64. The lowest BCUT2D eigenvalue weighted by Crippen LogP contribution is -2.26. The topological polar surface area (TPSA) is 83.9 Å². The summed E-state index contributed by atoms with van der Waals surface area (Å²) in [6, 6.07) is 17.4. The summed E-state index contributed by atoms with van der Waals surface area (Å²) in [6.07, 6.45) is 4.95. The number of halogens is 1. The predicted molar refractivity (Wildman–Crippen MR) is 135 cm³/mol. The molecule has 1 amide bonds. The average molecular weight is 486 g/mol. The molecule has 0 saturated carbocycles. The lowest BCUT2D eigenvalue weighted by Gasteiger charge is -2.14. The summed E-state index contributed by atoms with van der Waals surface area (Å²) in [7, 11) is 1.64. The van der Waals surface area contributed by atoms with E-state index in [1.165, 1.54) is 34.4 Å². The molecule has 7 nitrogen and oxygen atoms in total. The van der Waals surface area contributed by atoms with E-state index in [0.717, 1.165) is 11.3 Å². The molecule has 3 aromatic heterocycles. The molecule has 0 bridgehead atoms. The molecule has 1 N–H and O–H groups in total. The first kappa shape index (κ1) is 22.4. The van der Waals surface area contributed by atoms with Crippen molar-refractivity contribution >= 4 is 33.5 Å². The third-order valence-corrected chi connectivity index (χ3v) is 6.32. The highest BCUT2D eigenvalue weighted by Crippen LogP contribution is 2.25. The number of nitrogens with zero attached hydrogens (tertiary/aromatic N) is 4. The van der Waals surface area contributed by atoms with Gasteiger partial charge in [-0.2, -0.15) is 5.10 Å². The standard InChI is InChI=1S/C26H20FN5O2S/c1-31(16-22-28-21-13-14-35-25(21)26(34)29-22)23(33)12-9-18-15-32(20-5-3-2-4-6-20)30-24(18)17-7-10-19(27)11-8-17/h2-15H,16H2,1H3,(H,28,29,34)/b12-9+. The second-order valence-electron chi connectivity index (χ2n) is 7.90. The molecular weight excluding hydrogens is 465 g/mol. The summed E-state index contributed by atoms with van der Waals surface area (Å²) < 4.78 is 15.8. The summed E-state index contributed by atoms with van der Waals surface area (Å²) in [5, 5.41) is 6.48. The van der Waals surface area contributed by atoms with Crippen LogP contribution < -0.4 is 5.56 Å². The van der Waals surface area contributed by atoms with Gasteiger partial charge in [-0.15, -0.1) is 11.3 Å². The maximum Gasteiger partial charge on any atom is 0.268 e. The van der Waals surface area contributed by atoms with Crippen molar-refractivity contribution in [2.45, 2.75) is 6.54 Å². The van der Waals surface area contributed by atoms with E-state index < -0.39 is 0 Å². The quantitative estimate of drug-likeness (QED) is 0.355. The van der Waals surface area contributed by atoms with Gasteiger partial charge < -0.3 is 9.88 Å². The molecule has 0 aliphatic heterocycles. The normalized spacial score (nSPS) is 11.4. The van der Waals surface area contributed by atoms with Gasteiger partial charge in [0.1, 0.15) is 16.3 Å². The van der Waals surface area contributed by atoms with Crippen LogP contribution in [-0.4, -0.2) is 37.6 Å². The zero-order chi connectivity index (χ0) is 24.4. The molecule has 0 unspecified atom stereocenters. The Morgan fingerprint density at radius 2 is 1.91 bits per heavy atom. The number of rotatable bonds is 6. The van der Waals surface area contributed by atoms with Crippen LogP contribution >= 0.6 is 11.3 Å². The average Bonchev–Trinajstić information content (AvgIpc) is 3.51. The number of para-hydroxylation sites is 1. The van der Waals surface area contributed by atoms with Crippen molar-refractivity contribution in [3.63, 3.8) is 0 Å². The van der Waals surface area contributed by atoms with Crippen LogP contribution in [0.15, 0.2) is 83.1 Å². The molecule has 0 saturated heterocycles. The van der Waals surface area contributed by atoms with Crippen LogP contribution in [0.25, 0.3) is 33.2 Å². The number of carbonyl (C=O) groups excluding carboxylic acids is 1. The Morgan fingerprint density at radius 3 is 2.69 bits per heavy atom. The first-order valence-corrected chi connectivity index (χ1v) is 11.7. The highest BCUT2D eigenvalue weighted by molar-refractivity contribution is 7.17. The van der Waals surface area contributed by atoms with Crippen molar-refractivity contribution in [3.8, 4) is 16.9 Å². The first-order chi connectivity index (χ1) is 17.0. The van der Waals surface area contributed by atoms with E-state index in [2.05, 4.69) is 15.1 Å². The van der Waals surface area contributed by atoms with E-state index in [1.807, 2.05) is 41.9 Å². The van der Waals surface area contributed by atoms with Gasteiger partial charge in [-0.3, -0.25) is 9.59 Å². The number of thiophene rings is 1. The van der Waals surface area contributed by atoms with Crippen LogP contribution in [0.5, 0.6) is 0 Å². The minimum absolute atomic E-state index is 0.151. The molecule has 5 rings (SSSR count). The molecule has 0 atom stereocenters. The van der Waals surface area contributed by atoms with Crippen molar-refractivity contribution in [1.29, 1.82) is 0 Å². The van der Waals surface area contributed by atoms with E-state index >= 15 is 0 Å². The number of likely N-dealkylation sites (N-methyl/N-ethyl adjacent to an activating group) is 1. The van der Waals surface area contributed by atoms with Gasteiger partial charge >= 0.3 is 0 Å². The Balaban J connectivity index is 1.41. The molecule has 0 aliphatic carbocycles. The first-order valence-electron chi connectivity index (χ1n) is 10.8. The van der Waals surface area contributed by atoms with E-state index in [4.69, 9.17) is 0 Å². The van der Waals surface area contributed by atoms with E-state index in [9.17, 15) is 14.0 Å². The Bertz CT molecular complexity index is 1590. The number of aromatic nitrogens is 4. The van der Waals surface area contributed by atoms with E-state index in [0.29, 0.717) is 27.3 Å². The lowest BCUT2D eigenvalue weighted by atomic mass is 10.1. The molecule has 2 aromatic carbocycles. The van der Waals surface area contributed by atoms with Gasteiger partial charge in [0, 0.05) is 30.4 Å². The Kier molecular flexibility index (Phi) is 6.07. The zero-order valence-corrected chi connectivity index (χ0v) is 19.5. The van der Waals surface area contributed by atoms with Crippen molar-refractivity contribution in [2.24, 2.45) is 0 Å². The summed E-state index contributed by atoms with van der Waals surface area (Å²) >= 11 is 1.33. The fourth-order valence-corrected chi connectivity index (χ4v) is 4.37. The monoisotopic (exact) mass is 485 g/mol. The Hall–Kier alpha value is -4.37. The number of hydrogen-bond donors (Lipinski definition) is 1. The SMILES string of the molecule is CN(Cc1nc2ccsc2c(=O)[nH]1)C(=O)/C=C/c1cn(-c2ccccc2)nc1-c1ccc(F)cc1. The van der Waals surface area contributed by atoms with Gasteiger partial charge in [0.25, 0.3) is 5.56 Å². The number of nitrogens with one attached hydrogen (secondary N) is 1. The molecule has 174 valence electrons. The number of fused-ring (bicyclic) bond motifs is 1. The molecule has 0 spiro atoms. The highest BCUT2D eigenvalue weighted by atomic mass is 32.1. The second-order valence-corrected chi connectivity index (χ2v) is 8.81. The molecule has 0 fully saturated rings. The lowest BCUT2D eigenvalue weighted by molar-refractivity contribution is -0.125. The largest absolute Gasteiger partial charge is 0.335 e. The molecule has 5 aromatic rings. The van der Waals surface area contributed by atoms with E-state index in [-0.39, 0.29) is 23.8 Å². The smallest absolute Gasteiger partial charge is 0.268 e. The summed E-state index contributed by atoms with van der Waals surface area (Å²) in [4.78, 5) is 33.7. The molecule has 3 heterocycles. The van der Waals surface area contributed by atoms with Gasteiger partial charge in [-0.05, 0) is 53.9 Å². The highest BCUT2D eigenvalue weighted by Gasteiger charge is 2.13. The number of hydrogen-bond acceptors (Lipinski definition) is 5. The van der Waals surface area contributed by atoms with Gasteiger partial charge in [0.05, 0.1) is 23.4 Å². The minimum atomic E-state index is -0.336. The maximum atomic E-state index is 13.5. The van der Waals surface area contributed by atoms with Gasteiger partial charge in [-0.25, -0.2) is 14.1 Å². The Morgan fingerprint density at radius 1 is 1.14 bits per heavy atom. The maximum absolute atomic E-state index is 13.5. The van der Waals surface area contributed by atoms with Gasteiger partial charge in [-0.1, -0.05) is 18.2 Å². The number of H-pyrrole nitrogens is 1. The number of benzene rings is 2. The summed E-state index contributed by atoms with van der Waals surface area (Å²) in [6.45, 7) is 0.151. The fraction of sp³-hybridized carbons (Fsp3) is 0.0769. The summed E-state index contributed by atoms with van der Waals surface area (Å²) in [5.74, 6) is -0.193. The molecule has 9 heteroatoms. The van der Waals surface area contributed by atoms with Crippen molar-refractivity contribution in [2.75, 3.05) is 7.05 Å². The van der Waals surface area contributed by atoms with Crippen LogP contribution in [0, 0.1) is 5.82 Å². The van der Waals surface area contributed by atoms with Crippen molar-refractivity contribution < 1.29 is 9.18 Å². The van der Waals surface area contributed by atoms with Gasteiger partial charge in [0.15, 0.2) is 0 Å². The minimum Gasteiger partial charge on any atom is -0.335 e. The third-order valence-electron chi connectivity index (χ3n) is 5.41. The number of carbonyl (C=O) groups is 1. The molecule has 35 heavy (non-hydrogen) atoms. The van der Waals surface area contributed by atoms with Crippen LogP contribution in [0.2, 0.25) is 0 Å². The van der Waals surface area contributed by atoms with Crippen LogP contribution in [0.4, 0.5) is 4.39 Å². The predicted octanol–water partition coefficient (Wildman–Crippen LogP) is 4.65. The molecule has 0 aliphatic rings. The van der Waals surface area contributed by atoms with Crippen molar-refractivity contribution in [1.82, 2.24) is 24.6 Å². The number of amides is 1. The van der Waals surface area contributed by atoms with Crippen LogP contribution in [0.3, 0.4) is 0 Å². The number of aromatic amines is 1. The zero-order valence-electron chi connectivity index (χ0n) is 18.7. The second kappa shape index (κ2) is 9.47. The molecule has 0 radical (unpaired) electrons. The van der Waals surface area contributed by atoms with Crippen LogP contribution in [-0.2, 0) is 11.3 Å². The van der Waals surface area contributed by atoms with Crippen LogP contribution in [0.1, 0.15) is 11.4 Å². The third kappa shape index (κ3) is 4.80. The Labute approximate surface area is 203 Å². The molecular formula is C26H20FN5O2S. The van der Waals surface area contributed by atoms with Gasteiger partial charge in [0.2, 0.25) is 5.91 Å². The van der Waals surface area contributed by atoms with E-state index in [1.54, 1.807) is 36.0 Å². The van der Waals surface area contributed by atoms with Crippen molar-refractivity contribution in [3.05, 3.63) is 106 Å². The summed E-state index contributed by atoms with van der Waals surface area (Å²) in [5.41, 5.74) is 3.31.